The topological polar surface area (TPSA) is 123 Å². The van der Waals surface area contributed by atoms with Gasteiger partial charge in [-0.3, -0.25) is 0 Å². The van der Waals surface area contributed by atoms with Gasteiger partial charge in [-0.05, 0) is 140 Å². The quantitative estimate of drug-likeness (QED) is 0.108. The van der Waals surface area contributed by atoms with Crippen molar-refractivity contribution in [2.24, 2.45) is 20.0 Å². The normalized spacial score (nSPS) is 29.6. The molecule has 2 aromatic rings. The summed E-state index contributed by atoms with van der Waals surface area (Å²) in [5.74, 6) is 2.90. The van der Waals surface area contributed by atoms with Gasteiger partial charge in [0.05, 0.1) is 49.3 Å². The van der Waals surface area contributed by atoms with E-state index >= 15 is 0 Å². The molecule has 14 heteroatoms. The third kappa shape index (κ3) is 9.55. The van der Waals surface area contributed by atoms with Crippen molar-refractivity contribution >= 4 is 46.0 Å². The molecule has 4 unspecified atom stereocenters. The number of nitrogens with zero attached hydrogens (tertiary/aromatic N) is 4. The third-order valence-electron chi connectivity index (χ3n) is 13.5. The standard InChI is InChI=1S/C58H68Cl2N4O8/c1-9-65-41-25-33-53(34-26-41,69-13-5)49-50(54(70-14-6)35-27-42(28-36-54)66-10-2)62-57(61-49,45-21-17-19-23-47(45)59)58(46-22-18-20-24-48(46)60)63-51(55(71-15-7)37-29-43(30-38-55)67-11-3)52(64-58)56(72-16-8)39-31-44(32-40-56)68-12-4/h17-33,35,37,39H,9-16,34,36,38,40H2,1-8H3. The van der Waals surface area contributed by atoms with Gasteiger partial charge in [-0.15, -0.1) is 0 Å². The van der Waals surface area contributed by atoms with E-state index in [1.165, 1.54) is 0 Å². The van der Waals surface area contributed by atoms with Gasteiger partial charge in [-0.25, -0.2) is 20.0 Å². The second kappa shape index (κ2) is 22.4. The summed E-state index contributed by atoms with van der Waals surface area (Å²) >= 11 is 15.2. The van der Waals surface area contributed by atoms with E-state index in [2.05, 4.69) is 0 Å². The van der Waals surface area contributed by atoms with Crippen molar-refractivity contribution in [2.75, 3.05) is 52.9 Å². The molecule has 0 N–H and O–H groups in total. The Kier molecular flexibility index (Phi) is 16.5. The van der Waals surface area contributed by atoms with E-state index in [0.29, 0.717) is 123 Å². The minimum absolute atomic E-state index is 0.334. The van der Waals surface area contributed by atoms with Crippen LogP contribution in [0.4, 0.5) is 0 Å². The predicted octanol–water partition coefficient (Wildman–Crippen LogP) is 12.4. The average Bonchev–Trinajstić information content (AvgIpc) is 4.02. The van der Waals surface area contributed by atoms with Crippen molar-refractivity contribution in [3.05, 3.63) is 166 Å². The highest BCUT2D eigenvalue weighted by Crippen LogP contribution is 2.59. The number of halogens is 2. The molecule has 382 valence electrons. The number of aliphatic imine (C=N–C) groups is 4. The van der Waals surface area contributed by atoms with Crippen LogP contribution in [0, 0.1) is 0 Å². The van der Waals surface area contributed by atoms with E-state index in [-0.39, 0.29) is 0 Å². The third-order valence-corrected chi connectivity index (χ3v) is 14.1. The minimum Gasteiger partial charge on any atom is -0.494 e. The summed E-state index contributed by atoms with van der Waals surface area (Å²) in [6.07, 6.45) is 25.4. The molecule has 12 nitrogen and oxygen atoms in total. The average molecular weight is 1020 g/mol. The minimum atomic E-state index is -1.87. The van der Waals surface area contributed by atoms with Crippen LogP contribution in [-0.2, 0) is 49.2 Å². The van der Waals surface area contributed by atoms with Gasteiger partial charge in [0.1, 0.15) is 45.4 Å². The van der Waals surface area contributed by atoms with E-state index in [4.69, 9.17) is 81.1 Å². The molecule has 2 aliphatic heterocycles. The molecule has 2 heterocycles. The number of benzene rings is 2. The first-order chi connectivity index (χ1) is 34.9. The number of hydrogen-bond acceptors (Lipinski definition) is 12. The molecule has 4 aliphatic carbocycles. The van der Waals surface area contributed by atoms with Crippen LogP contribution in [0.15, 0.2) is 164 Å². The molecule has 0 saturated carbocycles. The van der Waals surface area contributed by atoms with Crippen molar-refractivity contribution in [1.82, 2.24) is 0 Å². The first-order valence-corrected chi connectivity index (χ1v) is 26.3. The Labute approximate surface area is 435 Å². The lowest BCUT2D eigenvalue weighted by molar-refractivity contribution is 0.0433. The maximum Gasteiger partial charge on any atom is 0.227 e. The van der Waals surface area contributed by atoms with Gasteiger partial charge in [-0.2, -0.15) is 0 Å². The highest BCUT2D eigenvalue weighted by atomic mass is 35.5. The van der Waals surface area contributed by atoms with Gasteiger partial charge in [0.2, 0.25) is 11.3 Å². The van der Waals surface area contributed by atoms with Crippen LogP contribution < -0.4 is 0 Å². The van der Waals surface area contributed by atoms with Crippen LogP contribution in [-0.4, -0.2) is 98.1 Å². The predicted molar refractivity (Wildman–Crippen MR) is 287 cm³/mol. The summed E-state index contributed by atoms with van der Waals surface area (Å²) in [5, 5.41) is 0.762. The van der Waals surface area contributed by atoms with Gasteiger partial charge in [0.25, 0.3) is 0 Å². The second-order valence-corrected chi connectivity index (χ2v) is 18.6. The Morgan fingerprint density at radius 2 is 0.625 bits per heavy atom. The van der Waals surface area contributed by atoms with E-state index in [1.807, 2.05) is 177 Å². The Bertz CT molecular complexity index is 2410. The molecule has 0 spiro atoms. The molecular weight excluding hydrogens is 952 g/mol. The maximum atomic E-state index is 7.62. The van der Waals surface area contributed by atoms with Gasteiger partial charge < -0.3 is 37.9 Å². The second-order valence-electron chi connectivity index (χ2n) is 17.7. The van der Waals surface area contributed by atoms with Crippen LogP contribution in [0.1, 0.15) is 92.2 Å². The lowest BCUT2D eigenvalue weighted by Crippen LogP contribution is -2.53. The molecule has 6 aliphatic rings. The lowest BCUT2D eigenvalue weighted by atomic mass is 9.78. The fourth-order valence-electron chi connectivity index (χ4n) is 10.5. The smallest absolute Gasteiger partial charge is 0.227 e. The van der Waals surface area contributed by atoms with Crippen LogP contribution in [0.3, 0.4) is 0 Å². The van der Waals surface area contributed by atoms with Gasteiger partial charge in [0.15, 0.2) is 0 Å². The molecule has 4 atom stereocenters. The Hall–Kier alpha value is -5.34. The lowest BCUT2D eigenvalue weighted by Gasteiger charge is -2.40. The zero-order chi connectivity index (χ0) is 51.0. The van der Waals surface area contributed by atoms with Crippen molar-refractivity contribution in [3.63, 3.8) is 0 Å². The molecule has 0 aromatic heterocycles. The van der Waals surface area contributed by atoms with E-state index in [0.717, 1.165) is 23.0 Å². The highest BCUT2D eigenvalue weighted by Gasteiger charge is 2.67. The molecule has 0 radical (unpaired) electrons. The summed E-state index contributed by atoms with van der Waals surface area (Å²) in [5.41, 5.74) is -5.45. The summed E-state index contributed by atoms with van der Waals surface area (Å²) in [7, 11) is 0. The van der Waals surface area contributed by atoms with E-state index in [1.54, 1.807) is 0 Å². The van der Waals surface area contributed by atoms with Crippen LogP contribution in [0.25, 0.3) is 0 Å². The van der Waals surface area contributed by atoms with Crippen LogP contribution >= 0.6 is 23.2 Å². The molecular formula is C58H68Cl2N4O8. The Morgan fingerprint density at radius 3 is 0.819 bits per heavy atom. The summed E-state index contributed by atoms with van der Waals surface area (Å²) in [6, 6.07) is 15.2. The molecule has 0 saturated heterocycles. The summed E-state index contributed by atoms with van der Waals surface area (Å²) in [4.78, 5) is 24.3. The first kappa shape index (κ1) is 53.0. The summed E-state index contributed by atoms with van der Waals surface area (Å²) in [6.45, 7) is 19.1. The zero-order valence-corrected chi connectivity index (χ0v) is 44.4. The SMILES string of the molecule is CCOC1=CCC(OCC)(C2=NC(c3ccccc3Cl)(C3(c4ccccc4Cl)N=C(C4(OCC)C=CC(OCC)=CC4)C(C4(OCC)C=CC(OCC)=CC4)=N3)N=C2C2(OCC)C=CC(OCC)=CC2)C=C1. The zero-order valence-electron chi connectivity index (χ0n) is 42.8. The monoisotopic (exact) mass is 1020 g/mol. The first-order valence-electron chi connectivity index (χ1n) is 25.5. The van der Waals surface area contributed by atoms with Crippen molar-refractivity contribution in [2.45, 2.75) is 115 Å². The number of rotatable bonds is 23. The maximum absolute atomic E-state index is 7.62. The van der Waals surface area contributed by atoms with Crippen LogP contribution in [0.5, 0.6) is 0 Å². The number of hydrogen-bond donors (Lipinski definition) is 0. The molecule has 2 aromatic carbocycles. The number of allylic oxidation sites excluding steroid dienone is 4. The molecule has 8 rings (SSSR count). The van der Waals surface area contributed by atoms with Crippen molar-refractivity contribution in [3.8, 4) is 0 Å². The summed E-state index contributed by atoms with van der Waals surface area (Å²) < 4.78 is 52.3. The molecule has 0 amide bonds. The highest BCUT2D eigenvalue weighted by molar-refractivity contribution is 6.51. The van der Waals surface area contributed by atoms with E-state index in [9.17, 15) is 0 Å². The van der Waals surface area contributed by atoms with Crippen molar-refractivity contribution in [1.29, 1.82) is 0 Å². The molecule has 72 heavy (non-hydrogen) atoms. The molecule has 0 fully saturated rings. The van der Waals surface area contributed by atoms with Gasteiger partial charge in [-0.1, -0.05) is 59.6 Å². The van der Waals surface area contributed by atoms with Crippen molar-refractivity contribution < 1.29 is 37.9 Å². The Balaban J connectivity index is 1.56. The van der Waals surface area contributed by atoms with Crippen LogP contribution in [0.2, 0.25) is 10.0 Å². The molecule has 0 bridgehead atoms. The van der Waals surface area contributed by atoms with E-state index < -0.39 is 33.7 Å². The van der Waals surface area contributed by atoms with Gasteiger partial charge in [0, 0.05) is 73.3 Å². The largest absolute Gasteiger partial charge is 0.494 e. The fraction of sp³-hybridized carbons (Fsp3) is 0.448. The fourth-order valence-corrected chi connectivity index (χ4v) is 11.0. The van der Waals surface area contributed by atoms with Gasteiger partial charge >= 0.3 is 0 Å². The Morgan fingerprint density at radius 1 is 0.375 bits per heavy atom. The number of ether oxygens (including phenoxy) is 8.